The van der Waals surface area contributed by atoms with Gasteiger partial charge in [0, 0.05) is 6.54 Å². The lowest BCUT2D eigenvalue weighted by Gasteiger charge is -2.32. The van der Waals surface area contributed by atoms with Gasteiger partial charge in [-0.1, -0.05) is 74.5 Å². The van der Waals surface area contributed by atoms with Crippen molar-refractivity contribution in [2.45, 2.75) is 84.3 Å². The SMILES string of the molecule is COC(=O)[C@H](NC(=O)[C@@H](C)NC(=O)N(Cc1ccccc1)C[C@@H](O)[C@@H](Cc1ccccc1)NC(=O)OC(C)(C)C)C(C)C. The summed E-state index contributed by atoms with van der Waals surface area (Å²) in [5, 5.41) is 19.5. The molecule has 0 heterocycles. The summed E-state index contributed by atoms with van der Waals surface area (Å²) in [6.07, 6.45) is -1.61. The number of esters is 1. The molecule has 0 aromatic heterocycles. The van der Waals surface area contributed by atoms with Crippen LogP contribution in [0.2, 0.25) is 0 Å². The molecule has 0 aliphatic heterocycles. The summed E-state index contributed by atoms with van der Waals surface area (Å²) in [7, 11) is 1.24. The molecule has 11 heteroatoms. The maximum absolute atomic E-state index is 13.5. The van der Waals surface area contributed by atoms with Crippen molar-refractivity contribution in [3.63, 3.8) is 0 Å². The van der Waals surface area contributed by atoms with Gasteiger partial charge < -0.3 is 35.4 Å². The number of hydrogen-bond acceptors (Lipinski definition) is 7. The Labute approximate surface area is 254 Å². The predicted octanol–water partition coefficient (Wildman–Crippen LogP) is 3.40. The van der Waals surface area contributed by atoms with Gasteiger partial charge in [0.1, 0.15) is 17.7 Å². The highest BCUT2D eigenvalue weighted by Gasteiger charge is 2.31. The van der Waals surface area contributed by atoms with Crippen LogP contribution in [0, 0.1) is 5.92 Å². The van der Waals surface area contributed by atoms with Gasteiger partial charge in [0.25, 0.3) is 0 Å². The van der Waals surface area contributed by atoms with Crippen LogP contribution < -0.4 is 16.0 Å². The first-order chi connectivity index (χ1) is 20.2. The third-order valence-corrected chi connectivity index (χ3v) is 6.53. The zero-order valence-corrected chi connectivity index (χ0v) is 26.1. The van der Waals surface area contributed by atoms with Gasteiger partial charge in [0.15, 0.2) is 0 Å². The Morgan fingerprint density at radius 1 is 0.860 bits per heavy atom. The van der Waals surface area contributed by atoms with E-state index in [1.54, 1.807) is 34.6 Å². The van der Waals surface area contributed by atoms with E-state index in [-0.39, 0.29) is 25.4 Å². The summed E-state index contributed by atoms with van der Waals surface area (Å²) in [6.45, 7) is 10.2. The third-order valence-electron chi connectivity index (χ3n) is 6.53. The number of urea groups is 1. The number of methoxy groups -OCH3 is 1. The number of nitrogens with one attached hydrogen (secondary N) is 3. The number of rotatable bonds is 13. The van der Waals surface area contributed by atoms with Crippen LogP contribution >= 0.6 is 0 Å². The molecule has 4 N–H and O–H groups in total. The normalized spacial score (nSPS) is 14.1. The highest BCUT2D eigenvalue weighted by atomic mass is 16.6. The summed E-state index contributed by atoms with van der Waals surface area (Å²) >= 11 is 0. The van der Waals surface area contributed by atoms with E-state index in [1.165, 1.54) is 18.9 Å². The van der Waals surface area contributed by atoms with Crippen LogP contribution in [-0.2, 0) is 32.0 Å². The van der Waals surface area contributed by atoms with Crippen molar-refractivity contribution in [2.24, 2.45) is 5.92 Å². The number of amides is 4. The standard InChI is InChI=1S/C32H46N4O7/c1-21(2)27(29(39)42-7)35-28(38)22(3)33-30(40)36(19-24-16-12-9-13-17-24)20-26(37)25(18-23-14-10-8-11-15-23)34-31(41)43-32(4,5)6/h8-17,21-22,25-27,37H,18-20H2,1-7H3,(H,33,40)(H,34,41)(H,35,38)/t22-,25-,26-,27-/m1/s1. The van der Waals surface area contributed by atoms with E-state index in [0.717, 1.165) is 11.1 Å². The molecule has 236 valence electrons. The van der Waals surface area contributed by atoms with Gasteiger partial charge in [-0.05, 0) is 51.2 Å². The van der Waals surface area contributed by atoms with E-state index in [2.05, 4.69) is 16.0 Å². The number of hydrogen-bond donors (Lipinski definition) is 4. The maximum Gasteiger partial charge on any atom is 0.407 e. The molecular weight excluding hydrogens is 552 g/mol. The Morgan fingerprint density at radius 3 is 1.93 bits per heavy atom. The average molecular weight is 599 g/mol. The molecule has 0 unspecified atom stereocenters. The fourth-order valence-electron chi connectivity index (χ4n) is 4.23. The van der Waals surface area contributed by atoms with Crippen LogP contribution in [0.5, 0.6) is 0 Å². The molecule has 2 aromatic rings. The molecule has 0 radical (unpaired) electrons. The van der Waals surface area contributed by atoms with Gasteiger partial charge in [0.2, 0.25) is 5.91 Å². The molecule has 0 saturated carbocycles. The van der Waals surface area contributed by atoms with E-state index in [1.807, 2.05) is 60.7 Å². The number of ether oxygens (including phenoxy) is 2. The summed E-state index contributed by atoms with van der Waals surface area (Å²) in [6, 6.07) is 15.2. The first-order valence-corrected chi connectivity index (χ1v) is 14.4. The molecule has 2 rings (SSSR count). The second kappa shape index (κ2) is 16.5. The molecule has 0 aliphatic rings. The lowest BCUT2D eigenvalue weighted by molar-refractivity contribution is -0.146. The van der Waals surface area contributed by atoms with Crippen molar-refractivity contribution >= 4 is 24.0 Å². The Morgan fingerprint density at radius 2 is 1.42 bits per heavy atom. The zero-order valence-electron chi connectivity index (χ0n) is 26.1. The fraction of sp³-hybridized carbons (Fsp3) is 0.500. The molecule has 4 amide bonds. The van der Waals surface area contributed by atoms with E-state index < -0.39 is 53.8 Å². The van der Waals surface area contributed by atoms with Crippen molar-refractivity contribution in [1.29, 1.82) is 0 Å². The minimum absolute atomic E-state index is 0.124. The predicted molar refractivity (Wildman–Crippen MR) is 163 cm³/mol. The Bertz CT molecular complexity index is 1190. The van der Waals surface area contributed by atoms with Crippen LogP contribution in [0.15, 0.2) is 60.7 Å². The number of alkyl carbamates (subject to hydrolysis) is 1. The number of nitrogens with zero attached hydrogens (tertiary/aromatic N) is 1. The average Bonchev–Trinajstić information content (AvgIpc) is 2.94. The van der Waals surface area contributed by atoms with Crippen LogP contribution in [0.25, 0.3) is 0 Å². The Balaban J connectivity index is 2.25. The highest BCUT2D eigenvalue weighted by molar-refractivity contribution is 5.90. The van der Waals surface area contributed by atoms with Gasteiger partial charge in [-0.15, -0.1) is 0 Å². The van der Waals surface area contributed by atoms with Crippen molar-refractivity contribution in [2.75, 3.05) is 13.7 Å². The first-order valence-electron chi connectivity index (χ1n) is 14.4. The van der Waals surface area contributed by atoms with Crippen LogP contribution in [-0.4, -0.2) is 77.5 Å². The van der Waals surface area contributed by atoms with Crippen molar-refractivity contribution < 1.29 is 33.8 Å². The minimum atomic E-state index is -1.20. The topological polar surface area (TPSA) is 146 Å². The third kappa shape index (κ3) is 12.3. The molecule has 11 nitrogen and oxygen atoms in total. The molecule has 2 aromatic carbocycles. The molecule has 0 saturated heterocycles. The van der Waals surface area contributed by atoms with Crippen LogP contribution in [0.3, 0.4) is 0 Å². The lowest BCUT2D eigenvalue weighted by Crippen LogP contribution is -2.56. The smallest absolute Gasteiger partial charge is 0.407 e. The van der Waals surface area contributed by atoms with E-state index >= 15 is 0 Å². The number of carbonyl (C=O) groups excluding carboxylic acids is 4. The van der Waals surface area contributed by atoms with Crippen molar-refractivity contribution in [3.05, 3.63) is 71.8 Å². The Hall–Kier alpha value is -4.12. The quantitative estimate of drug-likeness (QED) is 0.259. The number of aliphatic hydroxyl groups is 1. The van der Waals surface area contributed by atoms with E-state index in [9.17, 15) is 24.3 Å². The molecule has 0 bridgehead atoms. The second-order valence-electron chi connectivity index (χ2n) is 11.8. The summed E-state index contributed by atoms with van der Waals surface area (Å²) in [5.74, 6) is -1.38. The molecule has 0 aliphatic carbocycles. The van der Waals surface area contributed by atoms with Crippen LogP contribution in [0.1, 0.15) is 52.7 Å². The van der Waals surface area contributed by atoms with Gasteiger partial charge in [-0.2, -0.15) is 0 Å². The van der Waals surface area contributed by atoms with Crippen LogP contribution in [0.4, 0.5) is 9.59 Å². The number of benzene rings is 2. The summed E-state index contributed by atoms with van der Waals surface area (Å²) in [5.41, 5.74) is 0.926. The molecular formula is C32H46N4O7. The largest absolute Gasteiger partial charge is 0.467 e. The van der Waals surface area contributed by atoms with Gasteiger partial charge in [-0.3, -0.25) is 4.79 Å². The van der Waals surface area contributed by atoms with Crippen molar-refractivity contribution in [3.8, 4) is 0 Å². The highest BCUT2D eigenvalue weighted by Crippen LogP contribution is 2.13. The molecule has 0 spiro atoms. The zero-order chi connectivity index (χ0) is 32.2. The lowest BCUT2D eigenvalue weighted by atomic mass is 10.0. The first kappa shape index (κ1) is 35.1. The van der Waals surface area contributed by atoms with Gasteiger partial charge in [-0.25, -0.2) is 14.4 Å². The maximum atomic E-state index is 13.5. The van der Waals surface area contributed by atoms with E-state index in [4.69, 9.17) is 9.47 Å². The number of aliphatic hydroxyl groups excluding tert-OH is 1. The minimum Gasteiger partial charge on any atom is -0.467 e. The number of carbonyl (C=O) groups is 4. The fourth-order valence-corrected chi connectivity index (χ4v) is 4.23. The van der Waals surface area contributed by atoms with Gasteiger partial charge >= 0.3 is 18.1 Å². The van der Waals surface area contributed by atoms with E-state index in [0.29, 0.717) is 0 Å². The Kier molecular flexibility index (Phi) is 13.5. The summed E-state index contributed by atoms with van der Waals surface area (Å²) in [4.78, 5) is 52.6. The monoisotopic (exact) mass is 598 g/mol. The van der Waals surface area contributed by atoms with Gasteiger partial charge in [0.05, 0.1) is 25.8 Å². The molecule has 43 heavy (non-hydrogen) atoms. The summed E-state index contributed by atoms with van der Waals surface area (Å²) < 4.78 is 10.2. The molecule has 4 atom stereocenters. The van der Waals surface area contributed by atoms with Crippen molar-refractivity contribution in [1.82, 2.24) is 20.9 Å². The second-order valence-corrected chi connectivity index (χ2v) is 11.8. The molecule has 0 fully saturated rings.